The number of hydrogen-bond acceptors (Lipinski definition) is 4. The van der Waals surface area contributed by atoms with Crippen LogP contribution in [0.25, 0.3) is 0 Å². The molecule has 3 aromatic rings. The maximum absolute atomic E-state index is 13.0. The average Bonchev–Trinajstić information content (AvgIpc) is 3.39. The molecule has 7 heteroatoms. The summed E-state index contributed by atoms with van der Waals surface area (Å²) in [4.78, 5) is 14.3. The van der Waals surface area contributed by atoms with Crippen molar-refractivity contribution in [3.63, 3.8) is 0 Å². The SMILES string of the molecule is CCCCCCCCCCCCCCCCOc1cc(NC(=O)c2cccc(C[n+]3csc(C)c3)c2)ccc1OC.[Br-]. The first kappa shape index (κ1) is 35.8. The van der Waals surface area contributed by atoms with Crippen LogP contribution in [0.3, 0.4) is 0 Å². The maximum atomic E-state index is 13.0. The number of nitrogens with zero attached hydrogens (tertiary/aromatic N) is 1. The van der Waals surface area contributed by atoms with Crippen molar-refractivity contribution in [3.8, 4) is 11.5 Å². The molecule has 0 fully saturated rings. The molecule has 0 atom stereocenters. The molecule has 1 aromatic heterocycles. The molecule has 0 bridgehead atoms. The molecule has 2 aromatic carbocycles. The molecule has 0 spiro atoms. The Bertz CT molecular complexity index is 1170. The van der Waals surface area contributed by atoms with Gasteiger partial charge in [0.1, 0.15) is 0 Å². The summed E-state index contributed by atoms with van der Waals surface area (Å²) in [5, 5.41) is 3.02. The molecule has 3 rings (SSSR count). The van der Waals surface area contributed by atoms with E-state index in [1.54, 1.807) is 18.4 Å². The van der Waals surface area contributed by atoms with Gasteiger partial charge in [0.2, 0.25) is 5.51 Å². The lowest BCUT2D eigenvalue weighted by Crippen LogP contribution is -3.00. The number of hydrogen-bond donors (Lipinski definition) is 1. The van der Waals surface area contributed by atoms with E-state index in [-0.39, 0.29) is 22.9 Å². The number of methoxy groups -OCH3 is 1. The predicted molar refractivity (Wildman–Crippen MR) is 172 cm³/mol. The zero-order chi connectivity index (χ0) is 29.1. The highest BCUT2D eigenvalue weighted by Gasteiger charge is 2.12. The third-order valence-corrected chi connectivity index (χ3v) is 8.31. The van der Waals surface area contributed by atoms with Crippen molar-refractivity contribution in [2.45, 2.75) is 110 Å². The van der Waals surface area contributed by atoms with Crippen molar-refractivity contribution >= 4 is 22.9 Å². The van der Waals surface area contributed by atoms with Gasteiger partial charge in [-0.15, -0.1) is 0 Å². The smallest absolute Gasteiger partial charge is 0.255 e. The van der Waals surface area contributed by atoms with E-state index in [1.807, 2.05) is 42.5 Å². The molecule has 1 amide bonds. The van der Waals surface area contributed by atoms with Gasteiger partial charge in [-0.25, -0.2) is 0 Å². The van der Waals surface area contributed by atoms with Crippen LogP contribution in [0.15, 0.2) is 54.2 Å². The van der Waals surface area contributed by atoms with Crippen LogP contribution in [-0.2, 0) is 6.54 Å². The van der Waals surface area contributed by atoms with Gasteiger partial charge in [0, 0.05) is 22.9 Å². The number of benzene rings is 2. The largest absolute Gasteiger partial charge is 1.00 e. The van der Waals surface area contributed by atoms with Crippen molar-refractivity contribution in [1.82, 2.24) is 0 Å². The minimum atomic E-state index is -0.138. The molecule has 0 radical (unpaired) electrons. The average molecular weight is 660 g/mol. The van der Waals surface area contributed by atoms with Crippen LogP contribution in [-0.4, -0.2) is 19.6 Å². The quantitative estimate of drug-likeness (QED) is 0.105. The number of nitrogens with one attached hydrogen (secondary N) is 1. The predicted octanol–water partition coefficient (Wildman–Crippen LogP) is 6.52. The molecule has 1 N–H and O–H groups in total. The highest BCUT2D eigenvalue weighted by molar-refractivity contribution is 7.09. The summed E-state index contributed by atoms with van der Waals surface area (Å²) in [6, 6.07) is 13.3. The number of aromatic nitrogens is 1. The Morgan fingerprint density at radius 3 is 2.07 bits per heavy atom. The lowest BCUT2D eigenvalue weighted by Gasteiger charge is -2.13. The zero-order valence-electron chi connectivity index (χ0n) is 26.0. The van der Waals surface area contributed by atoms with Gasteiger partial charge in [0.15, 0.2) is 24.2 Å². The molecule has 0 unspecified atom stereocenters. The minimum absolute atomic E-state index is 0. The molecular formula is C35H51BrN2O3S. The Morgan fingerprint density at radius 1 is 0.833 bits per heavy atom. The first-order valence-corrected chi connectivity index (χ1v) is 16.6. The minimum Gasteiger partial charge on any atom is -1.00 e. The summed E-state index contributed by atoms with van der Waals surface area (Å²) < 4.78 is 13.7. The molecule has 42 heavy (non-hydrogen) atoms. The topological polar surface area (TPSA) is 51.4 Å². The van der Waals surface area contributed by atoms with E-state index in [0.29, 0.717) is 29.4 Å². The van der Waals surface area contributed by atoms with E-state index >= 15 is 0 Å². The van der Waals surface area contributed by atoms with E-state index < -0.39 is 0 Å². The van der Waals surface area contributed by atoms with Gasteiger partial charge >= 0.3 is 0 Å². The summed E-state index contributed by atoms with van der Waals surface area (Å²) in [7, 11) is 1.64. The van der Waals surface area contributed by atoms with Gasteiger partial charge in [-0.1, -0.05) is 114 Å². The van der Waals surface area contributed by atoms with E-state index in [1.165, 1.54) is 88.3 Å². The van der Waals surface area contributed by atoms with Crippen molar-refractivity contribution in [3.05, 3.63) is 70.2 Å². The lowest BCUT2D eigenvalue weighted by molar-refractivity contribution is -0.683. The number of rotatable bonds is 21. The lowest BCUT2D eigenvalue weighted by atomic mass is 10.0. The van der Waals surface area contributed by atoms with Crippen LogP contribution >= 0.6 is 11.3 Å². The Labute approximate surface area is 268 Å². The third kappa shape index (κ3) is 13.7. The van der Waals surface area contributed by atoms with E-state index in [2.05, 4.69) is 35.4 Å². The van der Waals surface area contributed by atoms with Crippen LogP contribution in [0.2, 0.25) is 0 Å². The third-order valence-electron chi connectivity index (χ3n) is 7.45. The van der Waals surface area contributed by atoms with Crippen molar-refractivity contribution in [1.29, 1.82) is 0 Å². The first-order valence-electron chi connectivity index (χ1n) is 15.7. The van der Waals surface area contributed by atoms with Crippen molar-refractivity contribution in [2.75, 3.05) is 19.0 Å². The molecule has 0 aliphatic carbocycles. The molecule has 0 saturated carbocycles. The van der Waals surface area contributed by atoms with Gasteiger partial charge in [-0.3, -0.25) is 4.79 Å². The Hall–Kier alpha value is -2.38. The molecule has 0 saturated heterocycles. The normalized spacial score (nSPS) is 10.7. The molecule has 0 aliphatic heterocycles. The number of halogens is 1. The van der Waals surface area contributed by atoms with E-state index in [4.69, 9.17) is 9.47 Å². The number of thiazole rings is 1. The number of amides is 1. The van der Waals surface area contributed by atoms with Crippen LogP contribution < -0.4 is 36.3 Å². The Morgan fingerprint density at radius 2 is 1.48 bits per heavy atom. The second-order valence-electron chi connectivity index (χ2n) is 11.1. The fraction of sp³-hybridized carbons (Fsp3) is 0.543. The van der Waals surface area contributed by atoms with Crippen LogP contribution in [0.1, 0.15) is 118 Å². The molecule has 1 heterocycles. The number of unbranched alkanes of at least 4 members (excludes halogenated alkanes) is 13. The number of aryl methyl sites for hydroxylation is 1. The van der Waals surface area contributed by atoms with Gasteiger partial charge in [0.25, 0.3) is 5.91 Å². The summed E-state index contributed by atoms with van der Waals surface area (Å²) in [5.74, 6) is 1.21. The monoisotopic (exact) mass is 658 g/mol. The first-order chi connectivity index (χ1) is 20.1. The fourth-order valence-electron chi connectivity index (χ4n) is 5.10. The summed E-state index contributed by atoms with van der Waals surface area (Å²) in [6.07, 6.45) is 20.8. The standard InChI is InChI=1S/C35H50N2O3S.BrH/c1-4-5-6-7-8-9-10-11-12-13-14-15-16-17-23-40-34-25-32(21-22-33(34)39-3)36-35(38)31-20-18-19-30(24-31)27-37-26-29(2)41-28-37;/h18-22,24-26,28H,4-17,23,27H2,1-3H3;1H. The molecule has 5 nitrogen and oxygen atoms in total. The van der Waals surface area contributed by atoms with Gasteiger partial charge in [0.05, 0.1) is 18.6 Å². The second kappa shape index (κ2) is 21.3. The van der Waals surface area contributed by atoms with Crippen LogP contribution in [0.5, 0.6) is 11.5 Å². The number of anilines is 1. The maximum Gasteiger partial charge on any atom is 0.255 e. The van der Waals surface area contributed by atoms with Gasteiger partial charge in [-0.2, -0.15) is 4.57 Å². The summed E-state index contributed by atoms with van der Waals surface area (Å²) >= 11 is 1.72. The van der Waals surface area contributed by atoms with Crippen LogP contribution in [0, 0.1) is 6.92 Å². The van der Waals surface area contributed by atoms with Gasteiger partial charge < -0.3 is 31.8 Å². The van der Waals surface area contributed by atoms with Crippen molar-refractivity contribution in [2.24, 2.45) is 0 Å². The molecular weight excluding hydrogens is 608 g/mol. The Kier molecular flexibility index (Phi) is 18.2. The van der Waals surface area contributed by atoms with Crippen molar-refractivity contribution < 1.29 is 35.8 Å². The second-order valence-corrected chi connectivity index (χ2v) is 12.2. The fourth-order valence-corrected chi connectivity index (χ4v) is 5.73. The highest BCUT2D eigenvalue weighted by Crippen LogP contribution is 2.31. The number of ether oxygens (including phenoxy) is 2. The van der Waals surface area contributed by atoms with Crippen LogP contribution in [0.4, 0.5) is 5.69 Å². The highest BCUT2D eigenvalue weighted by atomic mass is 79.9. The molecule has 232 valence electrons. The summed E-state index contributed by atoms with van der Waals surface area (Å²) in [5.41, 5.74) is 4.52. The van der Waals surface area contributed by atoms with Gasteiger partial charge in [-0.05, 0) is 37.6 Å². The van der Waals surface area contributed by atoms with E-state index in [9.17, 15) is 4.79 Å². The number of carbonyl (C=O) groups excluding carboxylic acids is 1. The Balaban J connectivity index is 0.00000616. The summed E-state index contributed by atoms with van der Waals surface area (Å²) in [6.45, 7) is 5.76. The molecule has 0 aliphatic rings. The van der Waals surface area contributed by atoms with E-state index in [0.717, 1.165) is 18.5 Å². The number of carbonyl (C=O) groups is 1. The zero-order valence-corrected chi connectivity index (χ0v) is 28.4.